The molecule has 17 heavy (non-hydrogen) atoms. The van der Waals surface area contributed by atoms with Gasteiger partial charge >= 0.3 is 0 Å². The fraction of sp³-hybridized carbons (Fsp3) is 0.417. The molecule has 0 aliphatic rings. The summed E-state index contributed by atoms with van der Waals surface area (Å²) in [5, 5.41) is 0. The molecule has 0 heterocycles. The lowest BCUT2D eigenvalue weighted by molar-refractivity contribution is -0.122. The molecule has 0 fully saturated rings. The number of hydrogen-bond donors (Lipinski definition) is 1. The summed E-state index contributed by atoms with van der Waals surface area (Å²) in [7, 11) is 1.43. The average Bonchev–Trinajstić information content (AvgIpc) is 2.32. The maximum Gasteiger partial charge on any atom is 0.253 e. The highest BCUT2D eigenvalue weighted by Gasteiger charge is 2.17. The summed E-state index contributed by atoms with van der Waals surface area (Å²) in [4.78, 5) is 13.2. The highest BCUT2D eigenvalue weighted by molar-refractivity contribution is 5.94. The number of para-hydroxylation sites is 1. The molecule has 1 rings (SSSR count). The largest absolute Gasteiger partial charge is 0.375 e. The van der Waals surface area contributed by atoms with Gasteiger partial charge in [-0.15, -0.1) is 0 Å². The van der Waals surface area contributed by atoms with Crippen molar-refractivity contribution in [3.63, 3.8) is 0 Å². The quantitative estimate of drug-likeness (QED) is 0.811. The number of rotatable bonds is 6. The third kappa shape index (κ3) is 3.80. The van der Waals surface area contributed by atoms with E-state index in [-0.39, 0.29) is 18.2 Å². The second-order valence-corrected chi connectivity index (χ2v) is 3.57. The third-order valence-corrected chi connectivity index (χ3v) is 2.30. The van der Waals surface area contributed by atoms with Crippen molar-refractivity contribution >= 4 is 11.6 Å². The van der Waals surface area contributed by atoms with Crippen LogP contribution in [-0.2, 0) is 9.53 Å². The van der Waals surface area contributed by atoms with E-state index in [0.29, 0.717) is 19.5 Å². The van der Waals surface area contributed by atoms with E-state index in [1.54, 1.807) is 18.2 Å². The number of methoxy groups -OCH3 is 1. The first-order chi connectivity index (χ1) is 8.20. The molecule has 0 bridgehead atoms. The van der Waals surface area contributed by atoms with Gasteiger partial charge in [0, 0.05) is 13.7 Å². The molecule has 0 unspecified atom stereocenters. The zero-order valence-electron chi connectivity index (χ0n) is 9.86. The second kappa shape index (κ2) is 6.98. The van der Waals surface area contributed by atoms with Gasteiger partial charge in [-0.3, -0.25) is 4.79 Å². The van der Waals surface area contributed by atoms with Gasteiger partial charge in [0.1, 0.15) is 12.4 Å². The van der Waals surface area contributed by atoms with Crippen LogP contribution in [0, 0.1) is 5.82 Å². The molecule has 0 aliphatic carbocycles. The number of carbonyl (C=O) groups is 1. The van der Waals surface area contributed by atoms with E-state index in [0.717, 1.165) is 0 Å². The molecule has 2 N–H and O–H groups in total. The Morgan fingerprint density at radius 1 is 1.47 bits per heavy atom. The van der Waals surface area contributed by atoms with Crippen molar-refractivity contribution in [1.82, 2.24) is 0 Å². The Morgan fingerprint density at radius 3 is 2.76 bits per heavy atom. The highest BCUT2D eigenvalue weighted by Crippen LogP contribution is 2.19. The van der Waals surface area contributed by atoms with Crippen LogP contribution in [0.15, 0.2) is 24.3 Å². The van der Waals surface area contributed by atoms with Crippen LogP contribution in [-0.4, -0.2) is 32.7 Å². The van der Waals surface area contributed by atoms with Gasteiger partial charge in [-0.05, 0) is 25.1 Å². The van der Waals surface area contributed by atoms with Gasteiger partial charge in [0.15, 0.2) is 0 Å². The molecule has 0 spiro atoms. The number of carbonyl (C=O) groups excluding carboxylic acids is 1. The summed E-state index contributed by atoms with van der Waals surface area (Å²) in [6, 6.07) is 6.17. The predicted molar refractivity (Wildman–Crippen MR) is 64.3 cm³/mol. The molecule has 0 saturated heterocycles. The monoisotopic (exact) mass is 240 g/mol. The number of benzene rings is 1. The molecular formula is C12H17FN2O2. The normalized spacial score (nSPS) is 10.3. The molecule has 1 aromatic carbocycles. The SMILES string of the molecule is COCC(=O)N(CCCN)c1ccccc1F. The Balaban J connectivity index is 2.89. The maximum atomic E-state index is 13.6. The Kier molecular flexibility index (Phi) is 5.59. The second-order valence-electron chi connectivity index (χ2n) is 3.57. The van der Waals surface area contributed by atoms with E-state index in [2.05, 4.69) is 0 Å². The van der Waals surface area contributed by atoms with Crippen LogP contribution < -0.4 is 10.6 Å². The molecule has 0 aromatic heterocycles. The maximum absolute atomic E-state index is 13.6. The minimum atomic E-state index is -0.422. The summed E-state index contributed by atoms with van der Waals surface area (Å²) in [6.45, 7) is 0.768. The van der Waals surface area contributed by atoms with Gasteiger partial charge in [0.2, 0.25) is 0 Å². The Morgan fingerprint density at radius 2 is 2.18 bits per heavy atom. The van der Waals surface area contributed by atoms with E-state index in [9.17, 15) is 9.18 Å². The van der Waals surface area contributed by atoms with Crippen molar-refractivity contribution in [1.29, 1.82) is 0 Å². The summed E-state index contributed by atoms with van der Waals surface area (Å²) in [6.07, 6.45) is 0.615. The molecule has 94 valence electrons. The lowest BCUT2D eigenvalue weighted by Crippen LogP contribution is -2.36. The molecule has 1 aromatic rings. The number of nitrogens with zero attached hydrogens (tertiary/aromatic N) is 1. The van der Waals surface area contributed by atoms with E-state index < -0.39 is 5.82 Å². The number of amides is 1. The van der Waals surface area contributed by atoms with E-state index in [4.69, 9.17) is 10.5 Å². The van der Waals surface area contributed by atoms with Crippen molar-refractivity contribution in [2.75, 3.05) is 31.7 Å². The van der Waals surface area contributed by atoms with E-state index in [1.165, 1.54) is 18.1 Å². The first-order valence-electron chi connectivity index (χ1n) is 5.44. The molecule has 0 radical (unpaired) electrons. The molecule has 5 heteroatoms. The minimum absolute atomic E-state index is 0.0705. The van der Waals surface area contributed by atoms with Crippen molar-refractivity contribution < 1.29 is 13.9 Å². The molecule has 0 saturated carbocycles. The van der Waals surface area contributed by atoms with Crippen LogP contribution in [0.5, 0.6) is 0 Å². The lowest BCUT2D eigenvalue weighted by Gasteiger charge is -2.22. The molecule has 0 atom stereocenters. The van der Waals surface area contributed by atoms with Crippen molar-refractivity contribution in [3.05, 3.63) is 30.1 Å². The van der Waals surface area contributed by atoms with Crippen LogP contribution in [0.2, 0.25) is 0 Å². The number of nitrogens with two attached hydrogens (primary N) is 1. The van der Waals surface area contributed by atoms with Gasteiger partial charge < -0.3 is 15.4 Å². The number of hydrogen-bond acceptors (Lipinski definition) is 3. The Labute approximate surface area is 100 Å². The average molecular weight is 240 g/mol. The summed E-state index contributed by atoms with van der Waals surface area (Å²) in [5.74, 6) is -0.694. The fourth-order valence-electron chi connectivity index (χ4n) is 1.50. The van der Waals surface area contributed by atoms with Gasteiger partial charge in [0.05, 0.1) is 5.69 Å². The number of halogens is 1. The standard InChI is InChI=1S/C12H17FN2O2/c1-17-9-12(16)15(8-4-7-14)11-6-3-2-5-10(11)13/h2-3,5-6H,4,7-9,14H2,1H3. The first-order valence-corrected chi connectivity index (χ1v) is 5.44. The van der Waals surface area contributed by atoms with Crippen LogP contribution in [0.3, 0.4) is 0 Å². The van der Waals surface area contributed by atoms with Crippen molar-refractivity contribution in [2.24, 2.45) is 5.73 Å². The zero-order chi connectivity index (χ0) is 12.7. The molecule has 4 nitrogen and oxygen atoms in total. The van der Waals surface area contributed by atoms with E-state index in [1.807, 2.05) is 0 Å². The molecular weight excluding hydrogens is 223 g/mol. The van der Waals surface area contributed by atoms with Crippen molar-refractivity contribution in [2.45, 2.75) is 6.42 Å². The molecule has 1 amide bonds. The van der Waals surface area contributed by atoms with Crippen LogP contribution in [0.4, 0.5) is 10.1 Å². The van der Waals surface area contributed by atoms with Gasteiger partial charge in [-0.25, -0.2) is 4.39 Å². The first kappa shape index (κ1) is 13.6. The highest BCUT2D eigenvalue weighted by atomic mass is 19.1. The third-order valence-electron chi connectivity index (χ3n) is 2.30. The Hall–Kier alpha value is -1.46. The van der Waals surface area contributed by atoms with Gasteiger partial charge in [-0.1, -0.05) is 12.1 Å². The Bertz CT molecular complexity index is 371. The van der Waals surface area contributed by atoms with Crippen molar-refractivity contribution in [3.8, 4) is 0 Å². The zero-order valence-corrected chi connectivity index (χ0v) is 9.86. The lowest BCUT2D eigenvalue weighted by atomic mass is 10.2. The van der Waals surface area contributed by atoms with Gasteiger partial charge in [-0.2, -0.15) is 0 Å². The van der Waals surface area contributed by atoms with Crippen LogP contribution in [0.25, 0.3) is 0 Å². The van der Waals surface area contributed by atoms with Crippen LogP contribution in [0.1, 0.15) is 6.42 Å². The van der Waals surface area contributed by atoms with E-state index >= 15 is 0 Å². The number of ether oxygens (including phenoxy) is 1. The summed E-state index contributed by atoms with van der Waals surface area (Å²) in [5.41, 5.74) is 5.67. The van der Waals surface area contributed by atoms with Gasteiger partial charge in [0.25, 0.3) is 5.91 Å². The topological polar surface area (TPSA) is 55.6 Å². The summed E-state index contributed by atoms with van der Waals surface area (Å²) < 4.78 is 18.4. The minimum Gasteiger partial charge on any atom is -0.375 e. The molecule has 0 aliphatic heterocycles. The summed E-state index contributed by atoms with van der Waals surface area (Å²) >= 11 is 0. The smallest absolute Gasteiger partial charge is 0.253 e. The predicted octanol–water partition coefficient (Wildman–Crippen LogP) is 1.15. The van der Waals surface area contributed by atoms with Crippen LogP contribution >= 0.6 is 0 Å². The fourth-order valence-corrected chi connectivity index (χ4v) is 1.50. The number of anilines is 1.